The Morgan fingerprint density at radius 2 is 1.86 bits per heavy atom. The molecule has 0 aliphatic carbocycles. The van der Waals surface area contributed by atoms with Gasteiger partial charge in [-0.3, -0.25) is 14.2 Å². The molecule has 7 nitrogen and oxygen atoms in total. The SMILES string of the molecule is C=CCn1c(=O)/c(=C/c2c(F)cccc2F)s/c1=C(/C#N)C(=O)Nc1ccc(C(=O)OCC)cc1. The summed E-state index contributed by atoms with van der Waals surface area (Å²) in [6, 6.07) is 10.9. The van der Waals surface area contributed by atoms with Gasteiger partial charge in [0.25, 0.3) is 11.5 Å². The molecule has 0 aliphatic heterocycles. The van der Waals surface area contributed by atoms with Gasteiger partial charge >= 0.3 is 5.97 Å². The number of nitriles is 1. The highest BCUT2D eigenvalue weighted by atomic mass is 32.1. The van der Waals surface area contributed by atoms with E-state index in [1.807, 2.05) is 0 Å². The molecule has 1 N–H and O–H groups in total. The molecule has 2 aromatic carbocycles. The Bertz CT molecular complexity index is 1500. The molecule has 0 fully saturated rings. The molecule has 0 spiro atoms. The number of rotatable bonds is 7. The number of hydrogen-bond acceptors (Lipinski definition) is 6. The molecule has 0 unspecified atom stereocenters. The molecule has 0 radical (unpaired) electrons. The summed E-state index contributed by atoms with van der Waals surface area (Å²) in [5.74, 6) is -3.04. The summed E-state index contributed by atoms with van der Waals surface area (Å²) in [7, 11) is 0. The lowest BCUT2D eigenvalue weighted by atomic mass is 10.2. The fourth-order valence-corrected chi connectivity index (χ4v) is 4.16. The van der Waals surface area contributed by atoms with Crippen molar-refractivity contribution in [3.8, 4) is 6.07 Å². The van der Waals surface area contributed by atoms with Gasteiger partial charge in [-0.05, 0) is 49.4 Å². The van der Waals surface area contributed by atoms with Gasteiger partial charge in [-0.2, -0.15) is 5.26 Å². The van der Waals surface area contributed by atoms with Crippen molar-refractivity contribution >= 4 is 40.5 Å². The van der Waals surface area contributed by atoms with Crippen LogP contribution in [0.25, 0.3) is 11.6 Å². The van der Waals surface area contributed by atoms with Gasteiger partial charge in [-0.1, -0.05) is 12.1 Å². The summed E-state index contributed by atoms with van der Waals surface area (Å²) in [5, 5.41) is 12.2. The van der Waals surface area contributed by atoms with E-state index in [9.17, 15) is 28.4 Å². The molecule has 35 heavy (non-hydrogen) atoms. The normalized spacial score (nSPS) is 12.0. The summed E-state index contributed by atoms with van der Waals surface area (Å²) in [5.41, 5.74) is -0.838. The molecular formula is C25H19F2N3O4S. The van der Waals surface area contributed by atoms with Gasteiger partial charge in [-0.25, -0.2) is 13.6 Å². The highest BCUT2D eigenvalue weighted by Gasteiger charge is 2.17. The molecular weight excluding hydrogens is 476 g/mol. The number of anilines is 1. The molecule has 1 heterocycles. The molecule has 0 aliphatic rings. The monoisotopic (exact) mass is 495 g/mol. The average Bonchev–Trinajstić information content (AvgIpc) is 3.12. The van der Waals surface area contributed by atoms with Crippen LogP contribution in [0, 0.1) is 23.0 Å². The quantitative estimate of drug-likeness (QED) is 0.401. The first-order chi connectivity index (χ1) is 16.8. The number of thiazole rings is 1. The first-order valence-electron chi connectivity index (χ1n) is 10.3. The fourth-order valence-electron chi connectivity index (χ4n) is 3.07. The number of nitrogens with one attached hydrogen (secondary N) is 1. The first kappa shape index (κ1) is 25.3. The molecule has 10 heteroatoms. The van der Waals surface area contributed by atoms with E-state index in [1.54, 1.807) is 13.0 Å². The number of nitrogens with zero attached hydrogens (tertiary/aromatic N) is 2. The van der Waals surface area contributed by atoms with Crippen LogP contribution in [0.3, 0.4) is 0 Å². The number of amides is 1. The number of hydrogen-bond donors (Lipinski definition) is 1. The number of allylic oxidation sites excluding steroid dienone is 1. The van der Waals surface area contributed by atoms with E-state index in [0.29, 0.717) is 5.69 Å². The molecule has 0 atom stereocenters. The van der Waals surface area contributed by atoms with Gasteiger partial charge in [0.1, 0.15) is 22.4 Å². The molecule has 0 saturated heterocycles. The predicted molar refractivity (Wildman–Crippen MR) is 128 cm³/mol. The summed E-state index contributed by atoms with van der Waals surface area (Å²) in [4.78, 5) is 37.6. The van der Waals surface area contributed by atoms with Crippen molar-refractivity contribution in [2.45, 2.75) is 13.5 Å². The summed E-state index contributed by atoms with van der Waals surface area (Å²) in [6.45, 7) is 5.44. The van der Waals surface area contributed by atoms with E-state index in [2.05, 4.69) is 11.9 Å². The molecule has 0 saturated carbocycles. The number of halogens is 2. The maximum Gasteiger partial charge on any atom is 0.338 e. The van der Waals surface area contributed by atoms with E-state index in [4.69, 9.17) is 4.74 Å². The third-order valence-corrected chi connectivity index (χ3v) is 5.83. The minimum absolute atomic E-state index is 0.000964. The van der Waals surface area contributed by atoms with Crippen LogP contribution in [0.5, 0.6) is 0 Å². The van der Waals surface area contributed by atoms with Crippen LogP contribution in [-0.2, 0) is 16.1 Å². The van der Waals surface area contributed by atoms with Crippen LogP contribution in [0.15, 0.2) is 59.9 Å². The Morgan fingerprint density at radius 3 is 2.43 bits per heavy atom. The van der Waals surface area contributed by atoms with Crippen molar-refractivity contribution < 1.29 is 23.1 Å². The van der Waals surface area contributed by atoms with Crippen molar-refractivity contribution in [3.63, 3.8) is 0 Å². The molecule has 3 aromatic rings. The zero-order valence-electron chi connectivity index (χ0n) is 18.5. The summed E-state index contributed by atoms with van der Waals surface area (Å²) < 4.78 is 34.2. The number of ether oxygens (including phenoxy) is 1. The lowest BCUT2D eigenvalue weighted by molar-refractivity contribution is -0.111. The van der Waals surface area contributed by atoms with E-state index in [1.165, 1.54) is 36.4 Å². The average molecular weight is 496 g/mol. The van der Waals surface area contributed by atoms with Gasteiger partial charge in [0, 0.05) is 17.8 Å². The zero-order valence-corrected chi connectivity index (χ0v) is 19.3. The number of carbonyl (C=O) groups excluding carboxylic acids is 2. The van der Waals surface area contributed by atoms with Crippen molar-refractivity contribution in [1.29, 1.82) is 5.26 Å². The lowest BCUT2D eigenvalue weighted by Gasteiger charge is -2.06. The number of aromatic nitrogens is 1. The second kappa shape index (κ2) is 11.2. The molecule has 0 bridgehead atoms. The second-order valence-electron chi connectivity index (χ2n) is 6.99. The number of esters is 1. The van der Waals surface area contributed by atoms with Crippen molar-refractivity contribution in [2.75, 3.05) is 11.9 Å². The molecule has 178 valence electrons. The van der Waals surface area contributed by atoms with Crippen LogP contribution in [0.4, 0.5) is 14.5 Å². The van der Waals surface area contributed by atoms with Crippen LogP contribution >= 0.6 is 11.3 Å². The third-order valence-electron chi connectivity index (χ3n) is 4.70. The Labute approximate surface area is 202 Å². The van der Waals surface area contributed by atoms with Crippen molar-refractivity contribution in [3.05, 3.63) is 97.4 Å². The smallest absolute Gasteiger partial charge is 0.338 e. The van der Waals surface area contributed by atoms with Gasteiger partial charge in [0.15, 0.2) is 5.57 Å². The molecule has 1 aromatic heterocycles. The Balaban J connectivity index is 2.08. The van der Waals surface area contributed by atoms with Crippen LogP contribution in [0.2, 0.25) is 0 Å². The van der Waals surface area contributed by atoms with Gasteiger partial charge in [-0.15, -0.1) is 17.9 Å². The van der Waals surface area contributed by atoms with Crippen LogP contribution in [0.1, 0.15) is 22.8 Å². The molecule has 1 amide bonds. The number of carbonyl (C=O) groups is 2. The third kappa shape index (κ3) is 5.59. The van der Waals surface area contributed by atoms with Crippen molar-refractivity contribution in [2.24, 2.45) is 0 Å². The second-order valence-corrected chi connectivity index (χ2v) is 8.02. The maximum atomic E-state index is 14.1. The predicted octanol–water partition coefficient (Wildman–Crippen LogP) is 2.69. The topological polar surface area (TPSA) is 101 Å². The van der Waals surface area contributed by atoms with E-state index >= 15 is 0 Å². The highest BCUT2D eigenvalue weighted by Crippen LogP contribution is 2.13. The standard InChI is InChI=1S/C25H19F2N3O4S/c1-3-12-30-23(32)21(13-17-19(26)6-5-7-20(17)27)35-24(30)18(14-28)22(31)29-16-10-8-15(9-11-16)25(33)34-4-2/h3,5-11,13H,1,4,12H2,2H3,(H,29,31)/b21-13-,24-18-. The summed E-state index contributed by atoms with van der Waals surface area (Å²) >= 11 is 0.754. The van der Waals surface area contributed by atoms with Gasteiger partial charge < -0.3 is 10.1 Å². The largest absolute Gasteiger partial charge is 0.462 e. The van der Waals surface area contributed by atoms with Crippen LogP contribution < -0.4 is 20.1 Å². The van der Waals surface area contributed by atoms with E-state index in [0.717, 1.165) is 34.1 Å². The highest BCUT2D eigenvalue weighted by molar-refractivity contribution is 7.07. The van der Waals surface area contributed by atoms with Gasteiger partial charge in [0.2, 0.25) is 0 Å². The van der Waals surface area contributed by atoms with E-state index in [-0.39, 0.29) is 33.5 Å². The summed E-state index contributed by atoms with van der Waals surface area (Å²) in [6.07, 6.45) is 2.44. The number of benzene rings is 2. The molecule has 3 rings (SSSR count). The Hall–Kier alpha value is -4.36. The van der Waals surface area contributed by atoms with Crippen molar-refractivity contribution in [1.82, 2.24) is 4.57 Å². The van der Waals surface area contributed by atoms with E-state index < -0.39 is 34.6 Å². The van der Waals surface area contributed by atoms with Gasteiger partial charge in [0.05, 0.1) is 16.7 Å². The van der Waals surface area contributed by atoms with Crippen LogP contribution in [-0.4, -0.2) is 23.1 Å². The lowest BCUT2D eigenvalue weighted by Crippen LogP contribution is -2.33. The first-order valence-corrected chi connectivity index (χ1v) is 11.1. The maximum absolute atomic E-state index is 14.1. The fraction of sp³-hybridized carbons (Fsp3) is 0.120. The Kier molecular flexibility index (Phi) is 8.07. The Morgan fingerprint density at radius 1 is 1.20 bits per heavy atom. The zero-order chi connectivity index (χ0) is 25.5. The minimum Gasteiger partial charge on any atom is -0.462 e. The minimum atomic E-state index is -0.858.